The van der Waals surface area contributed by atoms with Crippen molar-refractivity contribution < 1.29 is 19.1 Å². The van der Waals surface area contributed by atoms with Gasteiger partial charge in [0.05, 0.1) is 5.92 Å². The maximum atomic E-state index is 12.8. The van der Waals surface area contributed by atoms with Crippen LogP contribution in [0.5, 0.6) is 5.75 Å². The Kier molecular flexibility index (Phi) is 4.38. The van der Waals surface area contributed by atoms with Gasteiger partial charge in [0.15, 0.2) is 11.6 Å². The molecule has 0 bridgehead atoms. The van der Waals surface area contributed by atoms with Crippen LogP contribution in [-0.2, 0) is 14.3 Å². The standard InChI is InChI=1S/C22H20O4/c1-2-13-25-17-10-4-3-7-14(17)20-21-15(23)8-5-11-18(21)26-19-12-6-9-16(24)22(19)20/h1,3-4,7,10,20H,5-6,8-9,11-13H2. The summed E-state index contributed by atoms with van der Waals surface area (Å²) in [5, 5.41) is 0. The zero-order valence-electron chi connectivity index (χ0n) is 14.5. The van der Waals surface area contributed by atoms with E-state index in [1.807, 2.05) is 24.3 Å². The van der Waals surface area contributed by atoms with Crippen LogP contribution in [0.25, 0.3) is 0 Å². The van der Waals surface area contributed by atoms with Gasteiger partial charge in [-0.05, 0) is 18.9 Å². The first kappa shape index (κ1) is 16.7. The van der Waals surface area contributed by atoms with Crippen molar-refractivity contribution in [3.63, 3.8) is 0 Å². The molecule has 0 spiro atoms. The molecule has 4 heteroatoms. The molecular formula is C22H20O4. The molecule has 1 aliphatic heterocycles. The zero-order chi connectivity index (χ0) is 18.1. The van der Waals surface area contributed by atoms with Gasteiger partial charge in [-0.15, -0.1) is 6.42 Å². The molecule has 26 heavy (non-hydrogen) atoms. The van der Waals surface area contributed by atoms with E-state index in [0.29, 0.717) is 29.7 Å². The second-order valence-electron chi connectivity index (χ2n) is 6.79. The fraction of sp³-hybridized carbons (Fsp3) is 0.364. The van der Waals surface area contributed by atoms with Crippen molar-refractivity contribution >= 4 is 11.6 Å². The lowest BCUT2D eigenvalue weighted by Gasteiger charge is -2.36. The second kappa shape index (κ2) is 6.84. The van der Waals surface area contributed by atoms with Gasteiger partial charge in [0.1, 0.15) is 23.9 Å². The Bertz CT molecular complexity index is 840. The third-order valence-corrected chi connectivity index (χ3v) is 5.18. The summed E-state index contributed by atoms with van der Waals surface area (Å²) in [5.74, 6) is 4.26. The van der Waals surface area contributed by atoms with E-state index in [4.69, 9.17) is 15.9 Å². The molecule has 2 aliphatic carbocycles. The Morgan fingerprint density at radius 3 is 2.23 bits per heavy atom. The third kappa shape index (κ3) is 2.74. The number of carbonyl (C=O) groups excluding carboxylic acids is 2. The number of benzene rings is 1. The highest BCUT2D eigenvalue weighted by Gasteiger charge is 2.42. The molecule has 0 atom stereocenters. The van der Waals surface area contributed by atoms with Gasteiger partial charge in [-0.2, -0.15) is 0 Å². The normalized spacial score (nSPS) is 20.3. The summed E-state index contributed by atoms with van der Waals surface area (Å²) in [6.45, 7) is 0.139. The summed E-state index contributed by atoms with van der Waals surface area (Å²) in [6.07, 6.45) is 9.36. The van der Waals surface area contributed by atoms with Gasteiger partial charge in [-0.1, -0.05) is 24.1 Å². The summed E-state index contributed by atoms with van der Waals surface area (Å²) < 4.78 is 11.8. The first-order valence-corrected chi connectivity index (χ1v) is 9.06. The maximum absolute atomic E-state index is 12.8. The molecule has 0 saturated carbocycles. The van der Waals surface area contributed by atoms with Crippen LogP contribution >= 0.6 is 0 Å². The van der Waals surface area contributed by atoms with Crippen LogP contribution in [0.3, 0.4) is 0 Å². The number of hydrogen-bond acceptors (Lipinski definition) is 4. The number of terminal acetylenes is 1. The van der Waals surface area contributed by atoms with Crippen LogP contribution < -0.4 is 4.74 Å². The number of para-hydroxylation sites is 1. The van der Waals surface area contributed by atoms with Crippen LogP contribution in [0.15, 0.2) is 46.9 Å². The lowest BCUT2D eigenvalue weighted by atomic mass is 9.73. The summed E-state index contributed by atoms with van der Waals surface area (Å²) >= 11 is 0. The summed E-state index contributed by atoms with van der Waals surface area (Å²) in [4.78, 5) is 25.5. The Balaban J connectivity index is 1.90. The average Bonchev–Trinajstić information content (AvgIpc) is 2.65. The van der Waals surface area contributed by atoms with Crippen molar-refractivity contribution in [2.45, 2.75) is 44.4 Å². The number of rotatable bonds is 3. The minimum absolute atomic E-state index is 0.0629. The molecule has 0 N–H and O–H groups in total. The van der Waals surface area contributed by atoms with Crippen LogP contribution in [0.4, 0.5) is 0 Å². The number of ether oxygens (including phenoxy) is 2. The molecule has 3 aliphatic rings. The van der Waals surface area contributed by atoms with Gasteiger partial charge >= 0.3 is 0 Å². The van der Waals surface area contributed by atoms with Crippen molar-refractivity contribution in [1.29, 1.82) is 0 Å². The molecule has 4 nitrogen and oxygen atoms in total. The second-order valence-corrected chi connectivity index (χ2v) is 6.79. The molecule has 1 heterocycles. The molecular weight excluding hydrogens is 328 g/mol. The van der Waals surface area contributed by atoms with Gasteiger partial charge < -0.3 is 9.47 Å². The van der Waals surface area contributed by atoms with E-state index in [0.717, 1.165) is 42.8 Å². The lowest BCUT2D eigenvalue weighted by molar-refractivity contribution is -0.117. The number of hydrogen-bond donors (Lipinski definition) is 0. The van der Waals surface area contributed by atoms with E-state index in [1.165, 1.54) is 0 Å². The number of allylic oxidation sites excluding steroid dienone is 4. The van der Waals surface area contributed by atoms with Gasteiger partial charge in [0.25, 0.3) is 0 Å². The summed E-state index contributed by atoms with van der Waals surface area (Å²) in [5.41, 5.74) is 2.07. The van der Waals surface area contributed by atoms with Crippen molar-refractivity contribution in [2.24, 2.45) is 0 Å². The van der Waals surface area contributed by atoms with Gasteiger partial charge in [-0.25, -0.2) is 0 Å². The van der Waals surface area contributed by atoms with E-state index < -0.39 is 5.92 Å². The number of carbonyl (C=O) groups is 2. The molecule has 1 aromatic rings. The smallest absolute Gasteiger partial charge is 0.163 e. The molecule has 0 fully saturated rings. The lowest BCUT2D eigenvalue weighted by Crippen LogP contribution is -2.30. The highest BCUT2D eigenvalue weighted by molar-refractivity contribution is 6.05. The molecule has 0 amide bonds. The quantitative estimate of drug-likeness (QED) is 0.779. The van der Waals surface area contributed by atoms with Gasteiger partial charge in [-0.3, -0.25) is 9.59 Å². The van der Waals surface area contributed by atoms with Crippen LogP contribution in [0.2, 0.25) is 0 Å². The third-order valence-electron chi connectivity index (χ3n) is 5.18. The Morgan fingerprint density at radius 2 is 1.62 bits per heavy atom. The maximum Gasteiger partial charge on any atom is 0.163 e. The van der Waals surface area contributed by atoms with Crippen molar-refractivity contribution in [3.8, 4) is 18.1 Å². The predicted octanol–water partition coefficient (Wildman–Crippen LogP) is 3.83. The van der Waals surface area contributed by atoms with E-state index in [-0.39, 0.29) is 18.2 Å². The molecule has 1 aromatic carbocycles. The van der Waals surface area contributed by atoms with E-state index in [2.05, 4.69) is 5.92 Å². The van der Waals surface area contributed by atoms with Gasteiger partial charge in [0.2, 0.25) is 0 Å². The van der Waals surface area contributed by atoms with E-state index in [1.54, 1.807) is 0 Å². The topological polar surface area (TPSA) is 52.6 Å². The summed E-state index contributed by atoms with van der Waals surface area (Å²) in [6, 6.07) is 7.52. The largest absolute Gasteiger partial charge is 0.481 e. The minimum Gasteiger partial charge on any atom is -0.481 e. The first-order chi connectivity index (χ1) is 12.7. The first-order valence-electron chi connectivity index (χ1n) is 9.06. The Morgan fingerprint density at radius 1 is 1.00 bits per heavy atom. The summed E-state index contributed by atoms with van der Waals surface area (Å²) in [7, 11) is 0. The Labute approximate surface area is 152 Å². The van der Waals surface area contributed by atoms with E-state index in [9.17, 15) is 9.59 Å². The SMILES string of the molecule is C#CCOc1ccccc1C1C2=C(CCCC2=O)OC2=C1C(=O)CCC2. The molecule has 0 unspecified atom stereocenters. The molecule has 0 saturated heterocycles. The Hall–Kier alpha value is -2.80. The minimum atomic E-state index is -0.414. The zero-order valence-corrected chi connectivity index (χ0v) is 14.5. The average molecular weight is 348 g/mol. The fourth-order valence-corrected chi connectivity index (χ4v) is 4.10. The fourth-order valence-electron chi connectivity index (χ4n) is 4.10. The molecule has 132 valence electrons. The molecule has 4 rings (SSSR count). The number of ketones is 2. The van der Waals surface area contributed by atoms with E-state index >= 15 is 0 Å². The predicted molar refractivity (Wildman–Crippen MR) is 96.4 cm³/mol. The highest BCUT2D eigenvalue weighted by Crippen LogP contribution is 2.49. The van der Waals surface area contributed by atoms with Gasteiger partial charge in [0, 0.05) is 42.4 Å². The van der Waals surface area contributed by atoms with Crippen molar-refractivity contribution in [1.82, 2.24) is 0 Å². The highest BCUT2D eigenvalue weighted by atomic mass is 16.5. The van der Waals surface area contributed by atoms with Crippen LogP contribution in [0.1, 0.15) is 50.0 Å². The van der Waals surface area contributed by atoms with Crippen molar-refractivity contribution in [3.05, 3.63) is 52.5 Å². The van der Waals surface area contributed by atoms with Crippen LogP contribution in [0, 0.1) is 12.3 Å². The molecule has 0 radical (unpaired) electrons. The van der Waals surface area contributed by atoms with Crippen LogP contribution in [-0.4, -0.2) is 18.2 Å². The molecule has 0 aromatic heterocycles. The van der Waals surface area contributed by atoms with Crippen molar-refractivity contribution in [2.75, 3.05) is 6.61 Å². The monoisotopic (exact) mass is 348 g/mol. The number of Topliss-reactive ketones (excluding diaryl/α,β-unsaturated/α-hetero) is 2.